The van der Waals surface area contributed by atoms with Crippen molar-refractivity contribution in [2.45, 2.75) is 51.1 Å². The van der Waals surface area contributed by atoms with Crippen LogP contribution in [0.1, 0.15) is 39.0 Å². The zero-order valence-corrected chi connectivity index (χ0v) is 15.6. The van der Waals surface area contributed by atoms with E-state index in [-0.39, 0.29) is 11.8 Å². The largest absolute Gasteiger partial charge is 0.492 e. The molecule has 1 aliphatic rings. The zero-order valence-electron chi connectivity index (χ0n) is 15.6. The van der Waals surface area contributed by atoms with E-state index in [0.29, 0.717) is 37.4 Å². The molecule has 1 saturated carbocycles. The number of ether oxygens (including phenoxy) is 1. The predicted octanol–water partition coefficient (Wildman–Crippen LogP) is 2.74. The minimum atomic E-state index is -0.818. The summed E-state index contributed by atoms with van der Waals surface area (Å²) in [5.41, 5.74) is -0.159. The number of nitrogens with zero attached hydrogens (tertiary/aromatic N) is 2. The number of benzene rings is 1. The van der Waals surface area contributed by atoms with E-state index in [0.717, 1.165) is 19.3 Å². The molecule has 0 spiro atoms. The monoisotopic (exact) mass is 370 g/mol. The lowest BCUT2D eigenvalue weighted by molar-refractivity contribution is -0.130. The third-order valence-corrected chi connectivity index (χ3v) is 4.80. The molecule has 0 bridgehead atoms. The Morgan fingerprint density at radius 1 is 1.22 bits per heavy atom. The van der Waals surface area contributed by atoms with Gasteiger partial charge in [0.15, 0.2) is 0 Å². The van der Waals surface area contributed by atoms with Gasteiger partial charge in [-0.25, -0.2) is 0 Å². The molecule has 3 rings (SSSR count). The van der Waals surface area contributed by atoms with Gasteiger partial charge >= 0.3 is 0 Å². The quantitative estimate of drug-likeness (QED) is 0.785. The zero-order chi connectivity index (χ0) is 19.1. The average molecular weight is 370 g/mol. The van der Waals surface area contributed by atoms with Gasteiger partial charge in [-0.2, -0.15) is 5.10 Å². The molecule has 0 unspecified atom stereocenters. The number of hydrogen-bond donors (Lipinski definition) is 2. The molecule has 0 radical (unpaired) electrons. The Bertz CT molecular complexity index is 767. The van der Waals surface area contributed by atoms with E-state index in [4.69, 9.17) is 4.74 Å². The van der Waals surface area contributed by atoms with Crippen LogP contribution in [0, 0.1) is 0 Å². The van der Waals surface area contributed by atoms with Crippen LogP contribution in [0.25, 0.3) is 0 Å². The highest BCUT2D eigenvalue weighted by molar-refractivity contribution is 6.00. The van der Waals surface area contributed by atoms with Gasteiger partial charge in [-0.1, -0.05) is 25.3 Å². The fraction of sp³-hybridized carbons (Fsp3) is 0.450. The van der Waals surface area contributed by atoms with Crippen molar-refractivity contribution in [1.29, 1.82) is 0 Å². The molecular weight excluding hydrogens is 344 g/mol. The van der Waals surface area contributed by atoms with Crippen molar-refractivity contribution < 1.29 is 14.3 Å². The molecule has 2 aromatic rings. The van der Waals surface area contributed by atoms with Crippen molar-refractivity contribution in [3.63, 3.8) is 0 Å². The predicted molar refractivity (Wildman–Crippen MR) is 102 cm³/mol. The van der Waals surface area contributed by atoms with E-state index in [1.165, 1.54) is 6.92 Å². The fourth-order valence-corrected chi connectivity index (χ4v) is 3.51. The number of rotatable bonds is 7. The molecule has 0 aliphatic heterocycles. The minimum Gasteiger partial charge on any atom is -0.492 e. The summed E-state index contributed by atoms with van der Waals surface area (Å²) in [6.07, 6.45) is 7.90. The van der Waals surface area contributed by atoms with Crippen LogP contribution in [0.5, 0.6) is 5.75 Å². The van der Waals surface area contributed by atoms with E-state index >= 15 is 0 Å². The van der Waals surface area contributed by atoms with Crippen molar-refractivity contribution in [1.82, 2.24) is 15.1 Å². The van der Waals surface area contributed by atoms with E-state index in [9.17, 15) is 9.59 Å². The highest BCUT2D eigenvalue weighted by Gasteiger charge is 2.40. The summed E-state index contributed by atoms with van der Waals surface area (Å²) in [6.45, 7) is 2.59. The number of nitrogens with one attached hydrogen (secondary N) is 2. The molecule has 1 aliphatic carbocycles. The maximum absolute atomic E-state index is 12.9. The van der Waals surface area contributed by atoms with Crippen LogP contribution in [0.2, 0.25) is 0 Å². The number of carbonyl (C=O) groups excluding carboxylic acids is 2. The summed E-state index contributed by atoms with van der Waals surface area (Å²) in [7, 11) is 0. The molecule has 7 heteroatoms. The number of aromatic nitrogens is 2. The second-order valence-electron chi connectivity index (χ2n) is 6.92. The first-order valence-corrected chi connectivity index (χ1v) is 9.38. The molecule has 1 aromatic heterocycles. The Labute approximate surface area is 159 Å². The molecule has 7 nitrogen and oxygen atoms in total. The smallest absolute Gasteiger partial charge is 0.250 e. The topological polar surface area (TPSA) is 85.3 Å². The summed E-state index contributed by atoms with van der Waals surface area (Å²) >= 11 is 0. The normalized spacial score (nSPS) is 15.7. The lowest BCUT2D eigenvalue weighted by Crippen LogP contribution is -2.57. The van der Waals surface area contributed by atoms with Gasteiger partial charge in [0.2, 0.25) is 11.8 Å². The Hall–Kier alpha value is -2.83. The first-order chi connectivity index (χ1) is 13.1. The molecule has 2 N–H and O–H groups in total. The maximum atomic E-state index is 12.9. The Morgan fingerprint density at radius 3 is 2.74 bits per heavy atom. The van der Waals surface area contributed by atoms with Gasteiger partial charge < -0.3 is 15.4 Å². The summed E-state index contributed by atoms with van der Waals surface area (Å²) in [5.74, 6) is 0.339. The molecule has 1 aromatic carbocycles. The highest BCUT2D eigenvalue weighted by atomic mass is 16.5. The molecule has 2 amide bonds. The maximum Gasteiger partial charge on any atom is 0.250 e. The van der Waals surface area contributed by atoms with E-state index in [1.54, 1.807) is 16.9 Å². The van der Waals surface area contributed by atoms with Crippen LogP contribution in [0.4, 0.5) is 5.69 Å². The van der Waals surface area contributed by atoms with Gasteiger partial charge in [0, 0.05) is 31.1 Å². The molecule has 144 valence electrons. The third kappa shape index (κ3) is 5.09. The van der Waals surface area contributed by atoms with Crippen LogP contribution >= 0.6 is 0 Å². The van der Waals surface area contributed by atoms with Gasteiger partial charge in [0.25, 0.3) is 0 Å². The first kappa shape index (κ1) is 18.9. The number of hydrogen-bond acceptors (Lipinski definition) is 4. The van der Waals surface area contributed by atoms with Gasteiger partial charge in [-0.3, -0.25) is 14.3 Å². The van der Waals surface area contributed by atoms with Gasteiger partial charge in [-0.05, 0) is 31.0 Å². The van der Waals surface area contributed by atoms with Crippen LogP contribution in [-0.4, -0.2) is 33.7 Å². The highest BCUT2D eigenvalue weighted by Crippen LogP contribution is 2.30. The Kier molecular flexibility index (Phi) is 6.11. The third-order valence-electron chi connectivity index (χ3n) is 4.80. The number of carbonyl (C=O) groups is 2. The van der Waals surface area contributed by atoms with Gasteiger partial charge in [0.05, 0.1) is 6.54 Å². The average Bonchev–Trinajstić information content (AvgIpc) is 3.16. The summed E-state index contributed by atoms with van der Waals surface area (Å²) in [6, 6.07) is 9.17. The summed E-state index contributed by atoms with van der Waals surface area (Å²) in [4.78, 5) is 24.6. The van der Waals surface area contributed by atoms with E-state index in [2.05, 4.69) is 15.7 Å². The van der Waals surface area contributed by atoms with E-state index < -0.39 is 5.54 Å². The lowest BCUT2D eigenvalue weighted by Gasteiger charge is -2.36. The van der Waals surface area contributed by atoms with E-state index in [1.807, 2.05) is 30.5 Å². The van der Waals surface area contributed by atoms with Gasteiger partial charge in [-0.15, -0.1) is 0 Å². The van der Waals surface area contributed by atoms with Crippen LogP contribution in [0.15, 0.2) is 42.7 Å². The van der Waals surface area contributed by atoms with Crippen molar-refractivity contribution in [2.24, 2.45) is 0 Å². The molecule has 27 heavy (non-hydrogen) atoms. The second-order valence-corrected chi connectivity index (χ2v) is 6.92. The fourth-order valence-electron chi connectivity index (χ4n) is 3.51. The molecule has 0 atom stereocenters. The SMILES string of the molecule is CC(=O)NC1(C(=O)Nc2cccc(OCCn3cccn3)c2)CCCCC1. The van der Waals surface area contributed by atoms with Crippen molar-refractivity contribution in [3.05, 3.63) is 42.7 Å². The lowest BCUT2D eigenvalue weighted by atomic mass is 9.80. The Balaban J connectivity index is 1.61. The Morgan fingerprint density at radius 2 is 2.04 bits per heavy atom. The molecule has 0 saturated heterocycles. The standard InChI is InChI=1S/C20H26N4O3/c1-16(25)23-20(9-3-2-4-10-20)19(26)22-17-7-5-8-18(15-17)27-14-13-24-12-6-11-21-24/h5-8,11-12,15H,2-4,9-10,13-14H2,1H3,(H,22,26)(H,23,25). The molecule has 1 fully saturated rings. The van der Waals surface area contributed by atoms with Crippen molar-refractivity contribution >= 4 is 17.5 Å². The molecular formula is C20H26N4O3. The van der Waals surface area contributed by atoms with Crippen molar-refractivity contribution in [3.8, 4) is 5.75 Å². The number of anilines is 1. The molecule has 1 heterocycles. The minimum absolute atomic E-state index is 0.161. The second kappa shape index (κ2) is 8.70. The van der Waals surface area contributed by atoms with Gasteiger partial charge in [0.1, 0.15) is 17.9 Å². The van der Waals surface area contributed by atoms with Crippen LogP contribution < -0.4 is 15.4 Å². The van der Waals surface area contributed by atoms with Crippen LogP contribution in [0.3, 0.4) is 0 Å². The van der Waals surface area contributed by atoms with Crippen LogP contribution in [-0.2, 0) is 16.1 Å². The van der Waals surface area contributed by atoms with Crippen molar-refractivity contribution in [2.75, 3.05) is 11.9 Å². The summed E-state index contributed by atoms with van der Waals surface area (Å²) < 4.78 is 7.55. The summed E-state index contributed by atoms with van der Waals surface area (Å²) in [5, 5.41) is 9.97. The first-order valence-electron chi connectivity index (χ1n) is 9.38. The number of amides is 2.